The van der Waals surface area contributed by atoms with E-state index in [9.17, 15) is 13.2 Å². The largest absolute Gasteiger partial charge is 0.323 e. The fourth-order valence-electron chi connectivity index (χ4n) is 1.55. The number of nitrogen functional groups attached to an aromatic ring is 1. The van der Waals surface area contributed by atoms with Gasteiger partial charge in [-0.05, 0) is 13.0 Å². The Labute approximate surface area is 89.1 Å². The molecule has 0 aliphatic rings. The van der Waals surface area contributed by atoms with Gasteiger partial charge in [0.15, 0.2) is 11.6 Å². The van der Waals surface area contributed by atoms with Gasteiger partial charge in [-0.1, -0.05) is 0 Å². The molecule has 1 heterocycles. The number of halogens is 3. The highest BCUT2D eigenvalue weighted by atomic mass is 19.2. The van der Waals surface area contributed by atoms with Crippen molar-refractivity contribution in [2.24, 2.45) is 5.84 Å². The van der Waals surface area contributed by atoms with Crippen LogP contribution in [0.1, 0.15) is 5.69 Å². The number of rotatable bonds is 1. The summed E-state index contributed by atoms with van der Waals surface area (Å²) in [5.74, 6) is 1.82. The molecule has 0 atom stereocenters. The Balaban J connectivity index is 2.98. The average Bonchev–Trinajstić information content (AvgIpc) is 2.24. The van der Waals surface area contributed by atoms with Gasteiger partial charge < -0.3 is 5.43 Å². The molecule has 0 bridgehead atoms. The molecule has 0 aliphatic carbocycles. The summed E-state index contributed by atoms with van der Waals surface area (Å²) in [7, 11) is 0. The lowest BCUT2D eigenvalue weighted by Gasteiger charge is -2.08. The van der Waals surface area contributed by atoms with E-state index < -0.39 is 17.5 Å². The van der Waals surface area contributed by atoms with E-state index >= 15 is 0 Å². The molecule has 1 aromatic carbocycles. The number of nitrogens with zero attached hydrogens (tertiary/aromatic N) is 1. The summed E-state index contributed by atoms with van der Waals surface area (Å²) < 4.78 is 39.8. The van der Waals surface area contributed by atoms with Crippen molar-refractivity contribution in [3.8, 4) is 0 Å². The molecule has 3 N–H and O–H groups in total. The molecule has 16 heavy (non-hydrogen) atoms. The van der Waals surface area contributed by atoms with Gasteiger partial charge in [0.2, 0.25) is 0 Å². The fourth-order valence-corrected chi connectivity index (χ4v) is 1.55. The Kier molecular flexibility index (Phi) is 2.43. The number of hydrogen-bond acceptors (Lipinski definition) is 3. The number of hydrogen-bond donors (Lipinski definition) is 2. The molecule has 0 unspecified atom stereocenters. The summed E-state index contributed by atoms with van der Waals surface area (Å²) >= 11 is 0. The fraction of sp³-hybridized carbons (Fsp3) is 0.100. The van der Waals surface area contributed by atoms with Crippen LogP contribution in [0.2, 0.25) is 0 Å². The van der Waals surface area contributed by atoms with Crippen LogP contribution in [0.15, 0.2) is 12.1 Å². The van der Waals surface area contributed by atoms with Gasteiger partial charge in [-0.25, -0.2) is 18.2 Å². The summed E-state index contributed by atoms with van der Waals surface area (Å²) in [6.45, 7) is 1.57. The van der Waals surface area contributed by atoms with Crippen LogP contribution >= 0.6 is 0 Å². The number of nitrogens with two attached hydrogens (primary N) is 1. The molecule has 2 rings (SSSR count). The number of aromatic nitrogens is 1. The minimum absolute atomic E-state index is 0.160. The first kappa shape index (κ1) is 10.7. The number of anilines is 1. The van der Waals surface area contributed by atoms with Crippen LogP contribution in [0.5, 0.6) is 0 Å². The maximum absolute atomic E-state index is 13.5. The zero-order valence-electron chi connectivity index (χ0n) is 8.31. The van der Waals surface area contributed by atoms with Crippen molar-refractivity contribution in [2.75, 3.05) is 5.43 Å². The minimum Gasteiger partial charge on any atom is -0.323 e. The topological polar surface area (TPSA) is 50.9 Å². The monoisotopic (exact) mass is 227 g/mol. The zero-order chi connectivity index (χ0) is 11.9. The lowest BCUT2D eigenvalue weighted by atomic mass is 10.1. The van der Waals surface area contributed by atoms with Gasteiger partial charge in [0.05, 0.1) is 11.1 Å². The molecule has 0 amide bonds. The van der Waals surface area contributed by atoms with Crippen LogP contribution in [0, 0.1) is 24.4 Å². The predicted octanol–water partition coefficient (Wildman–Crippen LogP) is 2.25. The van der Waals surface area contributed by atoms with Crippen molar-refractivity contribution in [1.29, 1.82) is 0 Å². The average molecular weight is 227 g/mol. The van der Waals surface area contributed by atoms with Crippen molar-refractivity contribution < 1.29 is 13.2 Å². The van der Waals surface area contributed by atoms with E-state index in [4.69, 9.17) is 5.84 Å². The molecule has 0 saturated carbocycles. The van der Waals surface area contributed by atoms with Crippen LogP contribution in [-0.4, -0.2) is 4.98 Å². The van der Waals surface area contributed by atoms with Crippen molar-refractivity contribution in [3.63, 3.8) is 0 Å². The smallest absolute Gasteiger partial charge is 0.185 e. The molecule has 3 nitrogen and oxygen atoms in total. The standard InChI is InChI=1S/C10H8F3N3/c1-4-2-7(16-14)8-5(11)3-6(12)9(13)10(8)15-4/h2-3H,14H2,1H3,(H,15,16). The number of fused-ring (bicyclic) bond motifs is 1. The molecular formula is C10H8F3N3. The summed E-state index contributed by atoms with van der Waals surface area (Å²) in [6, 6.07) is 1.91. The Bertz CT molecular complexity index is 569. The Hall–Kier alpha value is -1.82. The Morgan fingerprint density at radius 1 is 1.19 bits per heavy atom. The van der Waals surface area contributed by atoms with E-state index in [-0.39, 0.29) is 16.6 Å². The number of pyridine rings is 1. The Morgan fingerprint density at radius 3 is 2.50 bits per heavy atom. The second kappa shape index (κ2) is 3.64. The highest BCUT2D eigenvalue weighted by Gasteiger charge is 2.16. The zero-order valence-corrected chi connectivity index (χ0v) is 8.31. The van der Waals surface area contributed by atoms with Gasteiger partial charge in [-0.2, -0.15) is 0 Å². The first-order valence-corrected chi connectivity index (χ1v) is 4.46. The molecule has 0 spiro atoms. The molecule has 1 aromatic heterocycles. The first-order valence-electron chi connectivity index (χ1n) is 4.46. The highest BCUT2D eigenvalue weighted by Crippen LogP contribution is 2.28. The lowest BCUT2D eigenvalue weighted by molar-refractivity contribution is 0.504. The highest BCUT2D eigenvalue weighted by molar-refractivity contribution is 5.92. The van der Waals surface area contributed by atoms with Crippen molar-refractivity contribution in [1.82, 2.24) is 4.98 Å². The summed E-state index contributed by atoms with van der Waals surface area (Å²) in [5.41, 5.74) is 2.43. The van der Waals surface area contributed by atoms with Gasteiger partial charge in [0, 0.05) is 11.8 Å². The molecule has 84 valence electrons. The van der Waals surface area contributed by atoms with Crippen molar-refractivity contribution in [2.45, 2.75) is 6.92 Å². The maximum Gasteiger partial charge on any atom is 0.185 e. The van der Waals surface area contributed by atoms with E-state index in [1.165, 1.54) is 6.07 Å². The molecule has 0 aliphatic heterocycles. The van der Waals surface area contributed by atoms with Crippen LogP contribution < -0.4 is 11.3 Å². The van der Waals surface area contributed by atoms with Crippen LogP contribution in [-0.2, 0) is 0 Å². The normalized spacial score (nSPS) is 10.8. The minimum atomic E-state index is -1.27. The SMILES string of the molecule is Cc1cc(NN)c2c(F)cc(F)c(F)c2n1. The van der Waals surface area contributed by atoms with E-state index in [0.29, 0.717) is 11.8 Å². The van der Waals surface area contributed by atoms with Crippen LogP contribution in [0.4, 0.5) is 18.9 Å². The first-order chi connectivity index (χ1) is 7.54. The molecule has 6 heteroatoms. The van der Waals surface area contributed by atoms with Crippen LogP contribution in [0.25, 0.3) is 10.9 Å². The number of aryl methyl sites for hydroxylation is 1. The number of nitrogens with one attached hydrogen (secondary N) is 1. The van der Waals surface area contributed by atoms with Gasteiger partial charge in [-0.3, -0.25) is 5.84 Å². The van der Waals surface area contributed by atoms with E-state index in [1.807, 2.05) is 0 Å². The lowest BCUT2D eigenvalue weighted by Crippen LogP contribution is -2.09. The molecule has 0 radical (unpaired) electrons. The molecule has 0 fully saturated rings. The molecular weight excluding hydrogens is 219 g/mol. The van der Waals surface area contributed by atoms with Gasteiger partial charge >= 0.3 is 0 Å². The number of hydrazine groups is 1. The third-order valence-electron chi connectivity index (χ3n) is 2.21. The van der Waals surface area contributed by atoms with E-state index in [1.54, 1.807) is 6.92 Å². The summed E-state index contributed by atoms with van der Waals surface area (Å²) in [6.07, 6.45) is 0. The second-order valence-corrected chi connectivity index (χ2v) is 3.33. The van der Waals surface area contributed by atoms with Crippen molar-refractivity contribution in [3.05, 3.63) is 35.3 Å². The van der Waals surface area contributed by atoms with Gasteiger partial charge in [-0.15, -0.1) is 0 Å². The van der Waals surface area contributed by atoms with Crippen LogP contribution in [0.3, 0.4) is 0 Å². The molecule has 0 saturated heterocycles. The maximum atomic E-state index is 13.5. The Morgan fingerprint density at radius 2 is 1.88 bits per heavy atom. The quantitative estimate of drug-likeness (QED) is 0.446. The van der Waals surface area contributed by atoms with Gasteiger partial charge in [0.25, 0.3) is 0 Å². The second-order valence-electron chi connectivity index (χ2n) is 3.33. The predicted molar refractivity (Wildman–Crippen MR) is 54.2 cm³/mol. The number of benzene rings is 1. The summed E-state index contributed by atoms with van der Waals surface area (Å²) in [5, 5.41) is -0.160. The van der Waals surface area contributed by atoms with E-state index in [0.717, 1.165) is 0 Å². The third-order valence-corrected chi connectivity index (χ3v) is 2.21. The third kappa shape index (κ3) is 1.47. The molecule has 2 aromatic rings. The van der Waals surface area contributed by atoms with Crippen molar-refractivity contribution >= 4 is 16.6 Å². The van der Waals surface area contributed by atoms with Gasteiger partial charge in [0.1, 0.15) is 11.3 Å². The van der Waals surface area contributed by atoms with E-state index in [2.05, 4.69) is 10.4 Å². The summed E-state index contributed by atoms with van der Waals surface area (Å²) in [4.78, 5) is 3.75.